The molecule has 9 heteroatoms. The fourth-order valence-corrected chi connectivity index (χ4v) is 3.57. The Labute approximate surface area is 184 Å². The maximum Gasteiger partial charge on any atom is 0.359 e. The minimum atomic E-state index is -0.763. The molecule has 1 aromatic heterocycles. The SMILES string of the molecule is CCn1nc(C(=O)OCC(=O)Nc2ccc(N3CCOCC3)cc2)c2ccccc2c1=O. The molecule has 1 amide bonds. The average molecular weight is 436 g/mol. The number of amides is 1. The van der Waals surface area contributed by atoms with Crippen LogP contribution in [0.3, 0.4) is 0 Å². The van der Waals surface area contributed by atoms with Crippen LogP contribution in [-0.4, -0.2) is 54.6 Å². The quantitative estimate of drug-likeness (QED) is 0.590. The Morgan fingerprint density at radius 2 is 1.75 bits per heavy atom. The highest BCUT2D eigenvalue weighted by Gasteiger charge is 2.19. The van der Waals surface area contributed by atoms with Gasteiger partial charge in [0, 0.05) is 36.4 Å². The number of nitrogens with zero attached hydrogens (tertiary/aromatic N) is 3. The van der Waals surface area contributed by atoms with E-state index in [1.807, 2.05) is 12.1 Å². The second-order valence-electron chi connectivity index (χ2n) is 7.29. The lowest BCUT2D eigenvalue weighted by Gasteiger charge is -2.28. The van der Waals surface area contributed by atoms with Crippen LogP contribution in [0.25, 0.3) is 10.8 Å². The molecule has 0 bridgehead atoms. The molecule has 1 fully saturated rings. The first-order chi connectivity index (χ1) is 15.6. The first-order valence-electron chi connectivity index (χ1n) is 10.5. The molecule has 0 aliphatic carbocycles. The normalized spacial score (nSPS) is 13.7. The topological polar surface area (TPSA) is 103 Å². The second kappa shape index (κ2) is 9.61. The number of morpholine rings is 1. The van der Waals surface area contributed by atoms with Crippen LogP contribution in [0.5, 0.6) is 0 Å². The van der Waals surface area contributed by atoms with E-state index in [-0.39, 0.29) is 11.3 Å². The molecule has 2 heterocycles. The van der Waals surface area contributed by atoms with E-state index in [2.05, 4.69) is 15.3 Å². The average Bonchev–Trinajstić information content (AvgIpc) is 2.84. The van der Waals surface area contributed by atoms with Crippen LogP contribution >= 0.6 is 0 Å². The molecule has 0 spiro atoms. The number of carbonyl (C=O) groups is 2. The number of rotatable bonds is 6. The third-order valence-electron chi connectivity index (χ3n) is 5.22. The molecule has 2 aromatic carbocycles. The summed E-state index contributed by atoms with van der Waals surface area (Å²) in [6.07, 6.45) is 0. The summed E-state index contributed by atoms with van der Waals surface area (Å²) < 4.78 is 11.7. The van der Waals surface area contributed by atoms with Gasteiger partial charge in [0.1, 0.15) is 0 Å². The van der Waals surface area contributed by atoms with Crippen molar-refractivity contribution in [1.82, 2.24) is 9.78 Å². The summed E-state index contributed by atoms with van der Waals surface area (Å²) in [5.74, 6) is -1.23. The summed E-state index contributed by atoms with van der Waals surface area (Å²) in [7, 11) is 0. The number of hydrogen-bond acceptors (Lipinski definition) is 7. The molecule has 1 aliphatic rings. The summed E-state index contributed by atoms with van der Waals surface area (Å²) in [6, 6.07) is 14.2. The fourth-order valence-electron chi connectivity index (χ4n) is 3.57. The lowest BCUT2D eigenvalue weighted by Crippen LogP contribution is -2.36. The van der Waals surface area contributed by atoms with Gasteiger partial charge in [0.2, 0.25) is 0 Å². The first-order valence-corrected chi connectivity index (χ1v) is 10.5. The molecular formula is C23H24N4O5. The van der Waals surface area contributed by atoms with Crippen LogP contribution in [0.2, 0.25) is 0 Å². The zero-order valence-corrected chi connectivity index (χ0v) is 17.7. The van der Waals surface area contributed by atoms with Crippen molar-refractivity contribution >= 4 is 34.0 Å². The zero-order valence-electron chi connectivity index (χ0n) is 17.7. The number of aryl methyl sites for hydroxylation is 1. The number of esters is 1. The number of benzene rings is 2. The van der Waals surface area contributed by atoms with Crippen molar-refractivity contribution in [2.75, 3.05) is 43.1 Å². The predicted octanol–water partition coefficient (Wildman–Crippen LogP) is 2.05. The third-order valence-corrected chi connectivity index (χ3v) is 5.22. The molecule has 0 saturated carbocycles. The van der Waals surface area contributed by atoms with Crippen molar-refractivity contribution in [3.05, 3.63) is 64.6 Å². The van der Waals surface area contributed by atoms with Crippen molar-refractivity contribution in [2.24, 2.45) is 0 Å². The smallest absolute Gasteiger partial charge is 0.359 e. The third kappa shape index (κ3) is 4.62. The van der Waals surface area contributed by atoms with E-state index in [0.717, 1.165) is 18.8 Å². The van der Waals surface area contributed by atoms with E-state index in [4.69, 9.17) is 9.47 Å². The lowest BCUT2D eigenvalue weighted by atomic mass is 10.1. The molecule has 32 heavy (non-hydrogen) atoms. The van der Waals surface area contributed by atoms with E-state index in [9.17, 15) is 14.4 Å². The van der Waals surface area contributed by atoms with Crippen LogP contribution in [0.15, 0.2) is 53.3 Å². The summed E-state index contributed by atoms with van der Waals surface area (Å²) in [5, 5.41) is 7.60. The van der Waals surface area contributed by atoms with E-state index >= 15 is 0 Å². The molecule has 0 unspecified atom stereocenters. The Morgan fingerprint density at radius 3 is 2.44 bits per heavy atom. The van der Waals surface area contributed by atoms with Crippen molar-refractivity contribution in [1.29, 1.82) is 0 Å². The van der Waals surface area contributed by atoms with Crippen LogP contribution in [0.4, 0.5) is 11.4 Å². The van der Waals surface area contributed by atoms with Gasteiger partial charge in [0.25, 0.3) is 11.5 Å². The molecular weight excluding hydrogens is 412 g/mol. The highest BCUT2D eigenvalue weighted by molar-refractivity contribution is 6.03. The van der Waals surface area contributed by atoms with Gasteiger partial charge in [-0.1, -0.05) is 18.2 Å². The van der Waals surface area contributed by atoms with Crippen LogP contribution in [0.1, 0.15) is 17.4 Å². The number of ether oxygens (including phenoxy) is 2. The van der Waals surface area contributed by atoms with Crippen LogP contribution in [0, 0.1) is 0 Å². The van der Waals surface area contributed by atoms with Gasteiger partial charge < -0.3 is 19.7 Å². The molecule has 0 radical (unpaired) electrons. The second-order valence-corrected chi connectivity index (χ2v) is 7.29. The van der Waals surface area contributed by atoms with E-state index in [1.165, 1.54) is 4.68 Å². The van der Waals surface area contributed by atoms with E-state index < -0.39 is 18.5 Å². The zero-order chi connectivity index (χ0) is 22.5. The Hall–Kier alpha value is -3.72. The van der Waals surface area contributed by atoms with Gasteiger partial charge in [-0.05, 0) is 37.3 Å². The van der Waals surface area contributed by atoms with E-state index in [1.54, 1.807) is 43.3 Å². The Morgan fingerprint density at radius 1 is 1.06 bits per heavy atom. The Kier molecular flexibility index (Phi) is 6.46. The Balaban J connectivity index is 1.40. The number of hydrogen-bond donors (Lipinski definition) is 1. The summed E-state index contributed by atoms with van der Waals surface area (Å²) in [6.45, 7) is 4.66. The lowest BCUT2D eigenvalue weighted by molar-refractivity contribution is -0.119. The summed E-state index contributed by atoms with van der Waals surface area (Å²) in [4.78, 5) is 39.5. The number of aromatic nitrogens is 2. The molecule has 3 aromatic rings. The summed E-state index contributed by atoms with van der Waals surface area (Å²) >= 11 is 0. The minimum absolute atomic E-state index is 0.00436. The molecule has 9 nitrogen and oxygen atoms in total. The number of nitrogens with one attached hydrogen (secondary N) is 1. The van der Waals surface area contributed by atoms with Crippen molar-refractivity contribution in [3.8, 4) is 0 Å². The Bertz CT molecular complexity index is 1180. The summed E-state index contributed by atoms with van der Waals surface area (Å²) in [5.41, 5.74) is 1.38. The van der Waals surface area contributed by atoms with Crippen molar-refractivity contribution in [3.63, 3.8) is 0 Å². The van der Waals surface area contributed by atoms with Crippen molar-refractivity contribution in [2.45, 2.75) is 13.5 Å². The van der Waals surface area contributed by atoms with Crippen molar-refractivity contribution < 1.29 is 19.1 Å². The molecule has 1 saturated heterocycles. The molecule has 1 aliphatic heterocycles. The first kappa shape index (κ1) is 21.5. The van der Waals surface area contributed by atoms with Gasteiger partial charge in [-0.25, -0.2) is 9.48 Å². The van der Waals surface area contributed by atoms with Gasteiger partial charge in [0.05, 0.1) is 18.6 Å². The van der Waals surface area contributed by atoms with Gasteiger partial charge in [0.15, 0.2) is 12.3 Å². The highest BCUT2D eigenvalue weighted by Crippen LogP contribution is 2.19. The molecule has 1 N–H and O–H groups in total. The monoisotopic (exact) mass is 436 g/mol. The molecule has 0 atom stereocenters. The highest BCUT2D eigenvalue weighted by atomic mass is 16.5. The molecule has 166 valence electrons. The van der Waals surface area contributed by atoms with Gasteiger partial charge in [-0.15, -0.1) is 0 Å². The fraction of sp³-hybridized carbons (Fsp3) is 0.304. The van der Waals surface area contributed by atoms with Gasteiger partial charge >= 0.3 is 5.97 Å². The minimum Gasteiger partial charge on any atom is -0.451 e. The van der Waals surface area contributed by atoms with Gasteiger partial charge in [-0.3, -0.25) is 9.59 Å². The number of carbonyl (C=O) groups excluding carboxylic acids is 2. The maximum atomic E-state index is 12.6. The number of fused-ring (bicyclic) bond motifs is 1. The predicted molar refractivity (Wildman–Crippen MR) is 120 cm³/mol. The van der Waals surface area contributed by atoms with E-state index in [0.29, 0.717) is 36.2 Å². The van der Waals surface area contributed by atoms with Gasteiger partial charge in [-0.2, -0.15) is 5.10 Å². The number of anilines is 2. The standard InChI is InChI=1S/C23H24N4O5/c1-2-27-22(29)19-6-4-3-5-18(19)21(25-27)23(30)32-15-20(28)24-16-7-9-17(10-8-16)26-11-13-31-14-12-26/h3-10H,2,11-15H2,1H3,(H,24,28). The largest absolute Gasteiger partial charge is 0.451 e. The molecule has 4 rings (SSSR count). The van der Waals surface area contributed by atoms with Crippen LogP contribution in [-0.2, 0) is 20.8 Å². The maximum absolute atomic E-state index is 12.6. The van der Waals surface area contributed by atoms with Crippen LogP contribution < -0.4 is 15.8 Å².